The molecule has 0 aliphatic carbocycles. The van der Waals surface area contributed by atoms with E-state index < -0.39 is 0 Å². The molecule has 1 saturated heterocycles. The minimum atomic E-state index is 0. The van der Waals surface area contributed by atoms with Crippen LogP contribution in [0.15, 0.2) is 22.6 Å². The zero-order valence-corrected chi connectivity index (χ0v) is 13.2. The van der Waals surface area contributed by atoms with Crippen LogP contribution in [-0.2, 0) is 6.54 Å². The summed E-state index contributed by atoms with van der Waals surface area (Å²) < 4.78 is 5.95. The molecule has 1 fully saturated rings. The van der Waals surface area contributed by atoms with Crippen molar-refractivity contribution in [3.8, 4) is 0 Å². The molecule has 2 N–H and O–H groups in total. The van der Waals surface area contributed by atoms with Gasteiger partial charge in [-0.3, -0.25) is 4.90 Å². The molecule has 4 heteroatoms. The molecule has 0 saturated carbocycles. The number of hydrogen-bond acceptors (Lipinski definition) is 3. The van der Waals surface area contributed by atoms with Crippen LogP contribution in [0.5, 0.6) is 0 Å². The fourth-order valence-electron chi connectivity index (χ4n) is 2.88. The highest BCUT2D eigenvalue weighted by Gasteiger charge is 2.27. The van der Waals surface area contributed by atoms with Crippen LogP contribution in [0.3, 0.4) is 0 Å². The summed E-state index contributed by atoms with van der Waals surface area (Å²) in [6.07, 6.45) is 0. The zero-order valence-electron chi connectivity index (χ0n) is 12.3. The number of aryl methyl sites for hydroxylation is 2. The summed E-state index contributed by atoms with van der Waals surface area (Å²) in [4.78, 5) is 2.38. The van der Waals surface area contributed by atoms with Crippen molar-refractivity contribution in [1.29, 1.82) is 0 Å². The molecule has 2 aromatic rings. The molecule has 110 valence electrons. The fraction of sp³-hybridized carbons (Fsp3) is 0.500. The Kier molecular flexibility index (Phi) is 4.43. The molecule has 1 aliphatic rings. The van der Waals surface area contributed by atoms with Crippen LogP contribution in [-0.4, -0.2) is 24.0 Å². The molecule has 0 bridgehead atoms. The summed E-state index contributed by atoms with van der Waals surface area (Å²) in [5, 5.41) is 1.20. The maximum Gasteiger partial charge on any atom is 0.134 e. The summed E-state index contributed by atoms with van der Waals surface area (Å²) in [5.41, 5.74) is 9.66. The lowest BCUT2D eigenvalue weighted by atomic mass is 10.1. The van der Waals surface area contributed by atoms with E-state index in [-0.39, 0.29) is 12.4 Å². The Labute approximate surface area is 126 Å². The number of nitrogens with zero attached hydrogens (tertiary/aromatic N) is 1. The maximum atomic E-state index is 6.06. The average molecular weight is 295 g/mol. The molecule has 0 spiro atoms. The lowest BCUT2D eigenvalue weighted by molar-refractivity contribution is 0.292. The van der Waals surface area contributed by atoms with Crippen LogP contribution in [0.25, 0.3) is 11.0 Å². The Bertz CT molecular complexity index is 559. The summed E-state index contributed by atoms with van der Waals surface area (Å²) in [7, 11) is 0. The van der Waals surface area contributed by atoms with Crippen molar-refractivity contribution in [1.82, 2.24) is 4.90 Å². The molecule has 20 heavy (non-hydrogen) atoms. The number of fused-ring (bicyclic) bond motifs is 1. The van der Waals surface area contributed by atoms with Gasteiger partial charge in [0.2, 0.25) is 0 Å². The van der Waals surface area contributed by atoms with E-state index in [0.29, 0.717) is 12.0 Å². The van der Waals surface area contributed by atoms with Crippen LogP contribution in [0.1, 0.15) is 23.8 Å². The summed E-state index contributed by atoms with van der Waals surface area (Å²) in [6, 6.07) is 6.80. The standard InChI is InChI=1S/C16H22N2O.ClH/c1-10-4-13-6-14(19-16(13)5-11(10)2)8-18-7-12(3)15(17)9-18;/h4-6,12,15H,7-9,17H2,1-3H3;1H. The van der Waals surface area contributed by atoms with Crippen molar-refractivity contribution >= 4 is 23.4 Å². The lowest BCUT2D eigenvalue weighted by Gasteiger charge is -2.12. The molecule has 3 nitrogen and oxygen atoms in total. The van der Waals surface area contributed by atoms with Gasteiger partial charge in [0.15, 0.2) is 0 Å². The topological polar surface area (TPSA) is 42.4 Å². The maximum absolute atomic E-state index is 6.06. The Morgan fingerprint density at radius 3 is 2.55 bits per heavy atom. The zero-order chi connectivity index (χ0) is 13.6. The van der Waals surface area contributed by atoms with Gasteiger partial charge < -0.3 is 10.2 Å². The van der Waals surface area contributed by atoms with Crippen molar-refractivity contribution in [2.24, 2.45) is 11.7 Å². The number of benzene rings is 1. The second-order valence-electron chi connectivity index (χ2n) is 6.02. The average Bonchev–Trinajstić information content (AvgIpc) is 2.84. The predicted octanol–water partition coefficient (Wildman–Crippen LogP) is 3.25. The van der Waals surface area contributed by atoms with Crippen LogP contribution in [0.4, 0.5) is 0 Å². The SMILES string of the molecule is Cc1cc2cc(CN3CC(C)C(N)C3)oc2cc1C.Cl. The number of furan rings is 1. The van der Waals surface area contributed by atoms with E-state index in [1.165, 1.54) is 16.5 Å². The normalized spacial score (nSPS) is 23.2. The third-order valence-corrected chi connectivity index (χ3v) is 4.31. The largest absolute Gasteiger partial charge is 0.460 e. The second kappa shape index (κ2) is 5.76. The third-order valence-electron chi connectivity index (χ3n) is 4.31. The van der Waals surface area contributed by atoms with Gasteiger partial charge >= 0.3 is 0 Å². The number of likely N-dealkylation sites (tertiary alicyclic amines) is 1. The van der Waals surface area contributed by atoms with Crippen LogP contribution < -0.4 is 5.73 Å². The Balaban J connectivity index is 0.00000147. The van der Waals surface area contributed by atoms with Crippen molar-refractivity contribution in [2.75, 3.05) is 13.1 Å². The van der Waals surface area contributed by atoms with Gasteiger partial charge in [-0.2, -0.15) is 0 Å². The van der Waals surface area contributed by atoms with Gasteiger partial charge in [0.1, 0.15) is 11.3 Å². The van der Waals surface area contributed by atoms with E-state index in [1.807, 2.05) is 0 Å². The van der Waals surface area contributed by atoms with E-state index in [1.54, 1.807) is 0 Å². The number of rotatable bonds is 2. The molecular formula is C16H23ClN2O. The monoisotopic (exact) mass is 294 g/mol. The summed E-state index contributed by atoms with van der Waals surface area (Å²) >= 11 is 0. The van der Waals surface area contributed by atoms with E-state index in [0.717, 1.165) is 31.0 Å². The highest BCUT2D eigenvalue weighted by Crippen LogP contribution is 2.25. The molecular weight excluding hydrogens is 272 g/mol. The molecule has 2 heterocycles. The van der Waals surface area contributed by atoms with Gasteiger partial charge in [-0.25, -0.2) is 0 Å². The third kappa shape index (κ3) is 2.85. The number of nitrogens with two attached hydrogens (primary N) is 1. The Hall–Kier alpha value is -1.03. The van der Waals surface area contributed by atoms with E-state index in [9.17, 15) is 0 Å². The summed E-state index contributed by atoms with van der Waals surface area (Å²) in [5.74, 6) is 1.62. The van der Waals surface area contributed by atoms with Gasteiger partial charge in [0.25, 0.3) is 0 Å². The highest BCUT2D eigenvalue weighted by molar-refractivity contribution is 5.85. The minimum absolute atomic E-state index is 0. The van der Waals surface area contributed by atoms with E-state index in [4.69, 9.17) is 10.2 Å². The van der Waals surface area contributed by atoms with Crippen LogP contribution in [0, 0.1) is 19.8 Å². The van der Waals surface area contributed by atoms with Gasteiger partial charge in [0.05, 0.1) is 6.54 Å². The van der Waals surface area contributed by atoms with Gasteiger partial charge in [-0.05, 0) is 49.1 Å². The van der Waals surface area contributed by atoms with E-state index >= 15 is 0 Å². The smallest absolute Gasteiger partial charge is 0.134 e. The number of hydrogen-bond donors (Lipinski definition) is 1. The quantitative estimate of drug-likeness (QED) is 0.924. The van der Waals surface area contributed by atoms with E-state index in [2.05, 4.69) is 43.9 Å². The van der Waals surface area contributed by atoms with Crippen LogP contribution in [0.2, 0.25) is 0 Å². The highest BCUT2D eigenvalue weighted by atomic mass is 35.5. The predicted molar refractivity (Wildman–Crippen MR) is 85.4 cm³/mol. The first-order valence-electron chi connectivity index (χ1n) is 7.00. The first kappa shape index (κ1) is 15.4. The summed E-state index contributed by atoms with van der Waals surface area (Å²) in [6.45, 7) is 9.38. The molecule has 0 amide bonds. The molecule has 1 aromatic carbocycles. The Morgan fingerprint density at radius 2 is 1.90 bits per heavy atom. The first-order chi connectivity index (χ1) is 9.02. The van der Waals surface area contributed by atoms with Crippen molar-refractivity contribution < 1.29 is 4.42 Å². The Morgan fingerprint density at radius 1 is 1.20 bits per heavy atom. The van der Waals surface area contributed by atoms with Gasteiger partial charge in [-0.1, -0.05) is 6.92 Å². The molecule has 0 radical (unpaired) electrons. The van der Waals surface area contributed by atoms with Gasteiger partial charge in [-0.15, -0.1) is 12.4 Å². The second-order valence-corrected chi connectivity index (χ2v) is 6.02. The molecule has 3 rings (SSSR count). The van der Waals surface area contributed by atoms with Crippen LogP contribution >= 0.6 is 12.4 Å². The molecule has 2 unspecified atom stereocenters. The van der Waals surface area contributed by atoms with Crippen molar-refractivity contribution in [2.45, 2.75) is 33.4 Å². The first-order valence-corrected chi connectivity index (χ1v) is 7.00. The molecule has 2 atom stereocenters. The van der Waals surface area contributed by atoms with Crippen molar-refractivity contribution in [3.05, 3.63) is 35.1 Å². The molecule has 1 aliphatic heterocycles. The fourth-order valence-corrected chi connectivity index (χ4v) is 2.88. The molecule has 1 aromatic heterocycles. The lowest BCUT2D eigenvalue weighted by Crippen LogP contribution is -2.28. The van der Waals surface area contributed by atoms with Gasteiger partial charge in [0, 0.05) is 24.5 Å². The van der Waals surface area contributed by atoms with Crippen molar-refractivity contribution in [3.63, 3.8) is 0 Å². The number of halogens is 1. The minimum Gasteiger partial charge on any atom is -0.460 e.